The van der Waals surface area contributed by atoms with Crippen LogP contribution in [-0.4, -0.2) is 18.6 Å². The molecule has 0 heterocycles. The highest BCUT2D eigenvalue weighted by atomic mass is 16.5. The molecule has 17 heavy (non-hydrogen) atoms. The van der Waals surface area contributed by atoms with Crippen molar-refractivity contribution in [2.75, 3.05) is 6.61 Å². The minimum atomic E-state index is -0.286. The second-order valence-electron chi connectivity index (χ2n) is 4.27. The zero-order valence-corrected chi connectivity index (χ0v) is 11.0. The molecular formula is C14H21NO2. The van der Waals surface area contributed by atoms with Crippen LogP contribution in [-0.2, 0) is 9.53 Å². The number of esters is 1. The van der Waals surface area contributed by atoms with Crippen molar-refractivity contribution in [2.45, 2.75) is 39.8 Å². The van der Waals surface area contributed by atoms with E-state index in [9.17, 15) is 4.79 Å². The van der Waals surface area contributed by atoms with Crippen molar-refractivity contribution in [3.63, 3.8) is 0 Å². The predicted octanol–water partition coefficient (Wildman–Crippen LogP) is 2.60. The van der Waals surface area contributed by atoms with Gasteiger partial charge >= 0.3 is 5.97 Å². The normalized spacial score (nSPS) is 14.1. The molecule has 0 spiro atoms. The first-order valence-electron chi connectivity index (χ1n) is 6.03. The zero-order chi connectivity index (χ0) is 12.8. The maximum absolute atomic E-state index is 11.5. The van der Waals surface area contributed by atoms with Gasteiger partial charge in [0.05, 0.1) is 6.61 Å². The van der Waals surface area contributed by atoms with Gasteiger partial charge in [-0.15, -0.1) is 0 Å². The molecule has 1 aromatic rings. The number of hydrogen-bond acceptors (Lipinski definition) is 3. The molecule has 0 aliphatic rings. The zero-order valence-electron chi connectivity index (χ0n) is 11.0. The number of ether oxygens (including phenoxy) is 1. The Morgan fingerprint density at radius 1 is 1.29 bits per heavy atom. The van der Waals surface area contributed by atoms with Crippen LogP contribution in [0.25, 0.3) is 0 Å². The summed E-state index contributed by atoms with van der Waals surface area (Å²) in [6.07, 6.45) is 0. The Morgan fingerprint density at radius 3 is 2.41 bits per heavy atom. The number of hydrogen-bond donors (Lipinski definition) is 1. The smallest absolute Gasteiger partial charge is 0.322 e. The minimum Gasteiger partial charge on any atom is -0.465 e. The fourth-order valence-corrected chi connectivity index (χ4v) is 1.66. The topological polar surface area (TPSA) is 38.3 Å². The first kappa shape index (κ1) is 13.7. The molecule has 0 saturated carbocycles. The summed E-state index contributed by atoms with van der Waals surface area (Å²) in [7, 11) is 0. The molecule has 0 aliphatic carbocycles. The molecule has 0 bridgehead atoms. The minimum absolute atomic E-state index is 0.134. The number of aryl methyl sites for hydroxylation is 1. The molecule has 0 radical (unpaired) electrons. The molecule has 1 rings (SSSR count). The third kappa shape index (κ3) is 4.19. The van der Waals surface area contributed by atoms with Gasteiger partial charge in [0.25, 0.3) is 0 Å². The highest BCUT2D eigenvalue weighted by Gasteiger charge is 2.16. The third-order valence-electron chi connectivity index (χ3n) is 2.72. The van der Waals surface area contributed by atoms with Crippen LogP contribution in [0.15, 0.2) is 24.3 Å². The third-order valence-corrected chi connectivity index (χ3v) is 2.72. The molecule has 94 valence electrons. The quantitative estimate of drug-likeness (QED) is 0.797. The Bertz CT molecular complexity index is 359. The van der Waals surface area contributed by atoms with Crippen molar-refractivity contribution in [2.24, 2.45) is 0 Å². The number of carbonyl (C=O) groups is 1. The summed E-state index contributed by atoms with van der Waals surface area (Å²) >= 11 is 0. The summed E-state index contributed by atoms with van der Waals surface area (Å²) in [5.41, 5.74) is 2.41. The summed E-state index contributed by atoms with van der Waals surface area (Å²) in [5.74, 6) is -0.202. The highest BCUT2D eigenvalue weighted by molar-refractivity contribution is 5.75. The van der Waals surface area contributed by atoms with Crippen LogP contribution in [0, 0.1) is 6.92 Å². The molecule has 2 atom stereocenters. The number of carbonyl (C=O) groups excluding carboxylic acids is 1. The monoisotopic (exact) mass is 235 g/mol. The van der Waals surface area contributed by atoms with Gasteiger partial charge in [0.1, 0.15) is 6.04 Å². The summed E-state index contributed by atoms with van der Waals surface area (Å²) in [4.78, 5) is 11.5. The van der Waals surface area contributed by atoms with Gasteiger partial charge in [-0.3, -0.25) is 10.1 Å². The number of nitrogens with one attached hydrogen (secondary N) is 1. The predicted molar refractivity (Wildman–Crippen MR) is 68.8 cm³/mol. The van der Waals surface area contributed by atoms with E-state index in [-0.39, 0.29) is 18.1 Å². The van der Waals surface area contributed by atoms with E-state index in [1.165, 1.54) is 11.1 Å². The van der Waals surface area contributed by atoms with Crippen LogP contribution in [0.4, 0.5) is 0 Å². The van der Waals surface area contributed by atoms with Crippen LogP contribution in [0.5, 0.6) is 0 Å². The lowest BCUT2D eigenvalue weighted by atomic mass is 10.1. The molecule has 0 aromatic heterocycles. The van der Waals surface area contributed by atoms with E-state index < -0.39 is 0 Å². The first-order chi connectivity index (χ1) is 8.04. The molecule has 0 aliphatic heterocycles. The molecule has 3 nitrogen and oxygen atoms in total. The lowest BCUT2D eigenvalue weighted by Crippen LogP contribution is -2.37. The Balaban J connectivity index is 2.56. The summed E-state index contributed by atoms with van der Waals surface area (Å²) in [6.45, 7) is 8.16. The summed E-state index contributed by atoms with van der Waals surface area (Å²) in [6, 6.07) is 8.14. The maximum atomic E-state index is 11.5. The van der Waals surface area contributed by atoms with Crippen molar-refractivity contribution in [1.29, 1.82) is 0 Å². The Kier molecular flexibility index (Phi) is 5.16. The first-order valence-corrected chi connectivity index (χ1v) is 6.03. The molecule has 0 fully saturated rings. The average Bonchev–Trinajstić information content (AvgIpc) is 2.30. The second-order valence-corrected chi connectivity index (χ2v) is 4.27. The van der Waals surface area contributed by atoms with E-state index in [4.69, 9.17) is 4.74 Å². The van der Waals surface area contributed by atoms with Crippen LogP contribution >= 0.6 is 0 Å². The second kappa shape index (κ2) is 6.40. The SMILES string of the molecule is CCOC(=O)C(C)NC(C)c1ccc(C)cc1. The lowest BCUT2D eigenvalue weighted by Gasteiger charge is -2.19. The van der Waals surface area contributed by atoms with E-state index in [0.717, 1.165) is 0 Å². The van der Waals surface area contributed by atoms with Gasteiger partial charge in [0.15, 0.2) is 0 Å². The molecule has 3 heteroatoms. The van der Waals surface area contributed by atoms with E-state index in [2.05, 4.69) is 36.5 Å². The van der Waals surface area contributed by atoms with E-state index in [1.807, 2.05) is 20.8 Å². The van der Waals surface area contributed by atoms with Crippen molar-refractivity contribution >= 4 is 5.97 Å². The van der Waals surface area contributed by atoms with Crippen molar-refractivity contribution < 1.29 is 9.53 Å². The van der Waals surface area contributed by atoms with Gasteiger partial charge in [-0.05, 0) is 33.3 Å². The molecule has 0 amide bonds. The van der Waals surface area contributed by atoms with Crippen LogP contribution in [0.1, 0.15) is 37.9 Å². The lowest BCUT2D eigenvalue weighted by molar-refractivity contribution is -0.145. The van der Waals surface area contributed by atoms with Gasteiger partial charge in [-0.1, -0.05) is 29.8 Å². The summed E-state index contributed by atoms with van der Waals surface area (Å²) in [5, 5.41) is 3.23. The number of benzene rings is 1. The van der Waals surface area contributed by atoms with Gasteiger partial charge in [0.2, 0.25) is 0 Å². The molecule has 1 aromatic carbocycles. The van der Waals surface area contributed by atoms with Crippen molar-refractivity contribution in [3.05, 3.63) is 35.4 Å². The fourth-order valence-electron chi connectivity index (χ4n) is 1.66. The van der Waals surface area contributed by atoms with Crippen LogP contribution in [0.2, 0.25) is 0 Å². The Labute approximate surface area is 103 Å². The van der Waals surface area contributed by atoms with Gasteiger partial charge in [0, 0.05) is 6.04 Å². The van der Waals surface area contributed by atoms with Gasteiger partial charge in [-0.25, -0.2) is 0 Å². The Hall–Kier alpha value is -1.35. The van der Waals surface area contributed by atoms with E-state index >= 15 is 0 Å². The molecular weight excluding hydrogens is 214 g/mol. The standard InChI is InChI=1S/C14H21NO2/c1-5-17-14(16)12(4)15-11(3)13-8-6-10(2)7-9-13/h6-9,11-12,15H,5H2,1-4H3. The van der Waals surface area contributed by atoms with Gasteiger partial charge < -0.3 is 4.74 Å². The largest absolute Gasteiger partial charge is 0.465 e. The van der Waals surface area contributed by atoms with Gasteiger partial charge in [-0.2, -0.15) is 0 Å². The van der Waals surface area contributed by atoms with Crippen LogP contribution in [0.3, 0.4) is 0 Å². The van der Waals surface area contributed by atoms with Crippen molar-refractivity contribution in [3.8, 4) is 0 Å². The summed E-state index contributed by atoms with van der Waals surface area (Å²) < 4.78 is 4.96. The average molecular weight is 235 g/mol. The number of rotatable bonds is 5. The molecule has 0 saturated heterocycles. The van der Waals surface area contributed by atoms with E-state index in [1.54, 1.807) is 0 Å². The van der Waals surface area contributed by atoms with Crippen LogP contribution < -0.4 is 5.32 Å². The van der Waals surface area contributed by atoms with E-state index in [0.29, 0.717) is 6.61 Å². The molecule has 1 N–H and O–H groups in total. The fraction of sp³-hybridized carbons (Fsp3) is 0.500. The van der Waals surface area contributed by atoms with Crippen molar-refractivity contribution in [1.82, 2.24) is 5.32 Å². The Morgan fingerprint density at radius 2 is 1.88 bits per heavy atom. The highest BCUT2D eigenvalue weighted by Crippen LogP contribution is 2.13. The molecule has 2 unspecified atom stereocenters. The maximum Gasteiger partial charge on any atom is 0.322 e.